The first-order valence-electron chi connectivity index (χ1n) is 8.00. The molecule has 1 aromatic carbocycles. The number of hydrogen-bond donors (Lipinski definition) is 1. The Bertz CT molecular complexity index is 703. The first-order valence-corrected chi connectivity index (χ1v) is 9.94. The minimum absolute atomic E-state index is 0.335. The largest absolute Gasteiger partial charge is 0.363 e. The van der Waals surface area contributed by atoms with Gasteiger partial charge in [-0.2, -0.15) is 11.8 Å². The molecule has 2 aromatic rings. The molecule has 0 bridgehead atoms. The van der Waals surface area contributed by atoms with E-state index in [1.54, 1.807) is 6.33 Å². The Balaban J connectivity index is 1.53. The van der Waals surface area contributed by atoms with Gasteiger partial charge in [0.05, 0.1) is 6.04 Å². The molecule has 0 spiro atoms. The van der Waals surface area contributed by atoms with Crippen molar-refractivity contribution in [2.24, 2.45) is 0 Å². The van der Waals surface area contributed by atoms with Gasteiger partial charge in [0.15, 0.2) is 0 Å². The lowest BCUT2D eigenvalue weighted by molar-refractivity contribution is 0.755. The molecule has 120 valence electrons. The molecule has 2 heterocycles. The number of nitrogens with one attached hydrogen (secondary N) is 1. The van der Waals surface area contributed by atoms with Crippen LogP contribution in [0.2, 0.25) is 0 Å². The second-order valence-corrected chi connectivity index (χ2v) is 7.98. The van der Waals surface area contributed by atoms with Crippen molar-refractivity contribution >= 4 is 39.3 Å². The van der Waals surface area contributed by atoms with Gasteiger partial charge < -0.3 is 10.2 Å². The van der Waals surface area contributed by atoms with E-state index in [2.05, 4.69) is 60.4 Å². The van der Waals surface area contributed by atoms with Gasteiger partial charge in [-0.15, -0.1) is 0 Å². The van der Waals surface area contributed by atoms with Crippen molar-refractivity contribution in [3.05, 3.63) is 46.2 Å². The maximum atomic E-state index is 4.45. The molecule has 2 aliphatic rings. The van der Waals surface area contributed by atoms with E-state index in [0.717, 1.165) is 37.6 Å². The lowest BCUT2D eigenvalue weighted by Gasteiger charge is -2.27. The predicted molar refractivity (Wildman–Crippen MR) is 100 cm³/mol. The molecule has 1 aliphatic heterocycles. The van der Waals surface area contributed by atoms with E-state index in [9.17, 15) is 0 Å². The zero-order valence-corrected chi connectivity index (χ0v) is 15.2. The molecule has 4 rings (SSSR count). The quantitative estimate of drug-likeness (QED) is 0.860. The fourth-order valence-corrected chi connectivity index (χ4v) is 4.81. The average molecular weight is 391 g/mol. The smallest absolute Gasteiger partial charge is 0.134 e. The van der Waals surface area contributed by atoms with Crippen molar-refractivity contribution in [3.63, 3.8) is 0 Å². The highest BCUT2D eigenvalue weighted by atomic mass is 79.9. The molecule has 6 heteroatoms. The zero-order valence-electron chi connectivity index (χ0n) is 12.8. The summed E-state index contributed by atoms with van der Waals surface area (Å²) < 4.78 is 1.22. The van der Waals surface area contributed by atoms with E-state index < -0.39 is 0 Å². The first-order chi connectivity index (χ1) is 11.3. The van der Waals surface area contributed by atoms with Gasteiger partial charge in [0.2, 0.25) is 0 Å². The van der Waals surface area contributed by atoms with Crippen LogP contribution in [0, 0.1) is 0 Å². The Morgan fingerprint density at radius 1 is 1.22 bits per heavy atom. The summed E-state index contributed by atoms with van der Waals surface area (Å²) in [6, 6.07) is 8.88. The van der Waals surface area contributed by atoms with Crippen LogP contribution in [0.15, 0.2) is 35.1 Å². The van der Waals surface area contributed by atoms with Crippen LogP contribution in [0.3, 0.4) is 0 Å². The number of hydrogen-bond acceptors (Lipinski definition) is 5. The van der Waals surface area contributed by atoms with E-state index in [1.807, 2.05) is 11.8 Å². The molecule has 1 unspecified atom stereocenters. The van der Waals surface area contributed by atoms with Crippen LogP contribution in [0.1, 0.15) is 23.6 Å². The highest BCUT2D eigenvalue weighted by Crippen LogP contribution is 2.37. The molecule has 1 N–H and O–H groups in total. The normalized spacial score (nSPS) is 20.4. The van der Waals surface area contributed by atoms with Gasteiger partial charge in [0.25, 0.3) is 0 Å². The summed E-state index contributed by atoms with van der Waals surface area (Å²) >= 11 is 5.67. The molecular formula is C17H19BrN4S. The van der Waals surface area contributed by atoms with E-state index >= 15 is 0 Å². The Hall–Kier alpha value is -1.27. The minimum atomic E-state index is 0.335. The van der Waals surface area contributed by atoms with Gasteiger partial charge in [-0.1, -0.05) is 28.1 Å². The fraction of sp³-hybridized carbons (Fsp3) is 0.412. The monoisotopic (exact) mass is 390 g/mol. The fourth-order valence-electron chi connectivity index (χ4n) is 3.33. The molecule has 4 nitrogen and oxygen atoms in total. The molecular weight excluding hydrogens is 372 g/mol. The number of fused-ring (bicyclic) bond motifs is 1. The van der Waals surface area contributed by atoms with Crippen LogP contribution in [-0.4, -0.2) is 34.6 Å². The highest BCUT2D eigenvalue weighted by molar-refractivity contribution is 9.10. The summed E-state index contributed by atoms with van der Waals surface area (Å²) in [6.45, 7) is 2.14. The lowest BCUT2D eigenvalue weighted by atomic mass is 10.1. The first kappa shape index (κ1) is 15.3. The average Bonchev–Trinajstić information content (AvgIpc) is 3.00. The summed E-state index contributed by atoms with van der Waals surface area (Å²) in [6.07, 6.45) is 3.89. The van der Waals surface area contributed by atoms with Gasteiger partial charge in [0, 0.05) is 35.1 Å². The van der Waals surface area contributed by atoms with Gasteiger partial charge in [-0.05, 0) is 30.0 Å². The molecule has 23 heavy (non-hydrogen) atoms. The summed E-state index contributed by atoms with van der Waals surface area (Å²) in [7, 11) is 0. The summed E-state index contributed by atoms with van der Waals surface area (Å²) in [4.78, 5) is 11.2. The van der Waals surface area contributed by atoms with Gasteiger partial charge in [-0.3, -0.25) is 0 Å². The molecule has 1 atom stereocenters. The van der Waals surface area contributed by atoms with Crippen LogP contribution in [0.25, 0.3) is 0 Å². The molecule has 1 aliphatic carbocycles. The van der Waals surface area contributed by atoms with Crippen molar-refractivity contribution in [3.8, 4) is 0 Å². The molecule has 0 radical (unpaired) electrons. The Kier molecular flexibility index (Phi) is 4.44. The van der Waals surface area contributed by atoms with Crippen molar-refractivity contribution in [1.82, 2.24) is 9.97 Å². The van der Waals surface area contributed by atoms with Gasteiger partial charge >= 0.3 is 0 Å². The minimum Gasteiger partial charge on any atom is -0.363 e. The number of nitrogens with zero attached hydrogens (tertiary/aromatic N) is 3. The number of aromatic nitrogens is 2. The molecule has 1 fully saturated rings. The number of halogens is 1. The topological polar surface area (TPSA) is 41.0 Å². The summed E-state index contributed by atoms with van der Waals surface area (Å²) in [5, 5.41) is 3.60. The van der Waals surface area contributed by atoms with Crippen molar-refractivity contribution in [1.29, 1.82) is 0 Å². The van der Waals surface area contributed by atoms with E-state index in [-0.39, 0.29) is 0 Å². The Morgan fingerprint density at radius 3 is 2.96 bits per heavy atom. The van der Waals surface area contributed by atoms with Gasteiger partial charge in [-0.25, -0.2) is 9.97 Å². The number of anilines is 2. The molecule has 1 saturated heterocycles. The molecule has 0 amide bonds. The predicted octanol–water partition coefficient (Wildman–Crippen LogP) is 3.89. The van der Waals surface area contributed by atoms with Crippen LogP contribution >= 0.6 is 27.7 Å². The number of thioether (sulfide) groups is 1. The SMILES string of the molecule is Brc1cccc2c1CCC2Nc1cc(N2CCSCC2)ncn1. The standard InChI is InChI=1S/C17H19BrN4S/c18-14-3-1-2-13-12(14)4-5-15(13)21-16-10-17(20-11-19-16)22-6-8-23-9-7-22/h1-3,10-11,15H,4-9H2,(H,19,20,21). The third-order valence-electron chi connectivity index (χ3n) is 4.52. The third-order valence-corrected chi connectivity index (χ3v) is 6.21. The van der Waals surface area contributed by atoms with Crippen molar-refractivity contribution in [2.75, 3.05) is 34.8 Å². The lowest BCUT2D eigenvalue weighted by Crippen LogP contribution is -2.33. The van der Waals surface area contributed by atoms with E-state index in [1.165, 1.54) is 27.1 Å². The van der Waals surface area contributed by atoms with Crippen molar-refractivity contribution in [2.45, 2.75) is 18.9 Å². The second kappa shape index (κ2) is 6.69. The molecule has 0 saturated carbocycles. The zero-order chi connectivity index (χ0) is 15.6. The third kappa shape index (κ3) is 3.19. The summed E-state index contributed by atoms with van der Waals surface area (Å²) in [5.41, 5.74) is 2.81. The summed E-state index contributed by atoms with van der Waals surface area (Å²) in [5.74, 6) is 4.31. The highest BCUT2D eigenvalue weighted by Gasteiger charge is 2.24. The Morgan fingerprint density at radius 2 is 2.09 bits per heavy atom. The maximum Gasteiger partial charge on any atom is 0.134 e. The van der Waals surface area contributed by atoms with Gasteiger partial charge in [0.1, 0.15) is 18.0 Å². The van der Waals surface area contributed by atoms with E-state index in [4.69, 9.17) is 0 Å². The number of benzene rings is 1. The van der Waals surface area contributed by atoms with Crippen LogP contribution in [-0.2, 0) is 6.42 Å². The second-order valence-electron chi connectivity index (χ2n) is 5.90. The maximum absolute atomic E-state index is 4.45. The van der Waals surface area contributed by atoms with Crippen LogP contribution < -0.4 is 10.2 Å². The van der Waals surface area contributed by atoms with E-state index in [0.29, 0.717) is 6.04 Å². The number of rotatable bonds is 3. The van der Waals surface area contributed by atoms with Crippen LogP contribution in [0.4, 0.5) is 11.6 Å². The molecule has 1 aromatic heterocycles. The van der Waals surface area contributed by atoms with Crippen molar-refractivity contribution < 1.29 is 0 Å². The van der Waals surface area contributed by atoms with Crippen LogP contribution in [0.5, 0.6) is 0 Å². The Labute approximate surface area is 149 Å².